The minimum Gasteiger partial charge on any atom is -0.450 e. The van der Waals surface area contributed by atoms with Gasteiger partial charge in [0, 0.05) is 12.3 Å². The second-order valence-electron chi connectivity index (χ2n) is 6.22. The van der Waals surface area contributed by atoms with E-state index in [1.54, 1.807) is 6.92 Å². The summed E-state index contributed by atoms with van der Waals surface area (Å²) in [6.45, 7) is 8.02. The van der Waals surface area contributed by atoms with Gasteiger partial charge < -0.3 is 14.9 Å². The maximum atomic E-state index is 11.0. The van der Waals surface area contributed by atoms with Crippen molar-refractivity contribution < 1.29 is 19.7 Å². The molecule has 0 aromatic carbocycles. The third-order valence-electron chi connectivity index (χ3n) is 4.08. The van der Waals surface area contributed by atoms with Crippen molar-refractivity contribution in [3.63, 3.8) is 0 Å². The third-order valence-corrected chi connectivity index (χ3v) is 4.08. The number of carboxylic acid groups (broad SMARTS) is 1. The predicted octanol–water partition coefficient (Wildman–Crippen LogP) is 3.28. The van der Waals surface area contributed by atoms with E-state index in [1.165, 1.54) is 0 Å². The van der Waals surface area contributed by atoms with Gasteiger partial charge in [-0.25, -0.2) is 4.79 Å². The molecule has 1 aliphatic rings. The van der Waals surface area contributed by atoms with E-state index in [0.717, 1.165) is 12.8 Å². The minimum absolute atomic E-state index is 0.194. The first kappa shape index (κ1) is 15.3. The average Bonchev–Trinajstić information content (AvgIpc) is 2.13. The summed E-state index contributed by atoms with van der Waals surface area (Å²) in [5.41, 5.74) is -0.716. The van der Waals surface area contributed by atoms with Gasteiger partial charge in [0.05, 0.1) is 6.10 Å². The van der Waals surface area contributed by atoms with E-state index in [4.69, 9.17) is 9.84 Å². The summed E-state index contributed by atoms with van der Waals surface area (Å²) < 4.78 is 5.29. The van der Waals surface area contributed by atoms with Gasteiger partial charge in [0.15, 0.2) is 0 Å². The van der Waals surface area contributed by atoms with E-state index in [-0.39, 0.29) is 5.92 Å². The SMILES string of the molecule is CC(O)CC1(OC(=O)O)CC(C)CCC1C(C)C. The van der Waals surface area contributed by atoms with Gasteiger partial charge in [0.25, 0.3) is 0 Å². The van der Waals surface area contributed by atoms with Crippen LogP contribution in [-0.4, -0.2) is 28.1 Å². The van der Waals surface area contributed by atoms with Crippen LogP contribution < -0.4 is 0 Å². The van der Waals surface area contributed by atoms with E-state index in [1.807, 2.05) is 0 Å². The van der Waals surface area contributed by atoms with Gasteiger partial charge in [-0.15, -0.1) is 0 Å². The Kier molecular flexibility index (Phi) is 5.02. The molecule has 2 N–H and O–H groups in total. The molecule has 4 unspecified atom stereocenters. The zero-order valence-corrected chi connectivity index (χ0v) is 11.8. The molecule has 0 bridgehead atoms. The highest BCUT2D eigenvalue weighted by Crippen LogP contribution is 2.46. The zero-order valence-electron chi connectivity index (χ0n) is 11.8. The van der Waals surface area contributed by atoms with Gasteiger partial charge in [0.1, 0.15) is 5.60 Å². The molecule has 1 rings (SSSR count). The molecule has 0 amide bonds. The summed E-state index contributed by atoms with van der Waals surface area (Å²) in [6, 6.07) is 0. The van der Waals surface area contributed by atoms with Crippen molar-refractivity contribution in [2.24, 2.45) is 17.8 Å². The topological polar surface area (TPSA) is 66.8 Å². The minimum atomic E-state index is -1.23. The number of aliphatic hydroxyl groups excluding tert-OH is 1. The Labute approximate surface area is 109 Å². The Bertz CT molecular complexity index is 284. The second kappa shape index (κ2) is 5.91. The molecule has 0 aromatic rings. The number of ether oxygens (including phenoxy) is 1. The van der Waals surface area contributed by atoms with E-state index >= 15 is 0 Å². The van der Waals surface area contributed by atoms with Crippen LogP contribution >= 0.6 is 0 Å². The third kappa shape index (κ3) is 3.61. The van der Waals surface area contributed by atoms with Gasteiger partial charge in [0.2, 0.25) is 0 Å². The van der Waals surface area contributed by atoms with Crippen LogP contribution in [0.3, 0.4) is 0 Å². The van der Waals surface area contributed by atoms with Crippen LogP contribution in [-0.2, 0) is 4.74 Å². The van der Waals surface area contributed by atoms with E-state index in [2.05, 4.69) is 20.8 Å². The van der Waals surface area contributed by atoms with Gasteiger partial charge in [-0.3, -0.25) is 0 Å². The Morgan fingerprint density at radius 3 is 2.44 bits per heavy atom. The normalized spacial score (nSPS) is 34.3. The molecule has 0 aromatic heterocycles. The summed E-state index contributed by atoms with van der Waals surface area (Å²) >= 11 is 0. The zero-order chi connectivity index (χ0) is 13.9. The highest BCUT2D eigenvalue weighted by atomic mass is 16.7. The van der Waals surface area contributed by atoms with Gasteiger partial charge in [-0.1, -0.05) is 27.2 Å². The van der Waals surface area contributed by atoms with Crippen molar-refractivity contribution >= 4 is 6.16 Å². The molecule has 4 heteroatoms. The molecular formula is C14H26O4. The standard InChI is InChI=1S/C14H26O4/c1-9(2)12-6-5-10(3)7-14(12,8-11(4)15)18-13(16)17/h9-12,15H,5-8H2,1-4H3,(H,16,17). The van der Waals surface area contributed by atoms with Crippen molar-refractivity contribution in [3.05, 3.63) is 0 Å². The van der Waals surface area contributed by atoms with Crippen LogP contribution in [0.1, 0.15) is 53.4 Å². The van der Waals surface area contributed by atoms with Crippen molar-refractivity contribution in [1.82, 2.24) is 0 Å². The molecule has 0 aliphatic heterocycles. The van der Waals surface area contributed by atoms with Crippen molar-refractivity contribution in [2.75, 3.05) is 0 Å². The molecule has 4 atom stereocenters. The maximum Gasteiger partial charge on any atom is 0.506 e. The van der Waals surface area contributed by atoms with E-state index in [0.29, 0.717) is 24.7 Å². The molecule has 0 radical (unpaired) electrons. The Morgan fingerprint density at radius 1 is 1.39 bits per heavy atom. The molecule has 106 valence electrons. The molecule has 0 spiro atoms. The van der Waals surface area contributed by atoms with Crippen LogP contribution in [0.4, 0.5) is 4.79 Å². The number of aliphatic hydroxyl groups is 1. The van der Waals surface area contributed by atoms with Crippen molar-refractivity contribution in [2.45, 2.75) is 65.1 Å². The molecule has 4 nitrogen and oxygen atoms in total. The molecule has 1 fully saturated rings. The van der Waals surface area contributed by atoms with Crippen LogP contribution in [0.15, 0.2) is 0 Å². The van der Waals surface area contributed by atoms with Crippen molar-refractivity contribution in [1.29, 1.82) is 0 Å². The lowest BCUT2D eigenvalue weighted by Gasteiger charge is -2.47. The summed E-state index contributed by atoms with van der Waals surface area (Å²) in [5, 5.41) is 18.7. The first-order valence-electron chi connectivity index (χ1n) is 6.87. The summed E-state index contributed by atoms with van der Waals surface area (Å²) in [7, 11) is 0. The highest BCUT2D eigenvalue weighted by Gasteiger charge is 2.48. The van der Waals surface area contributed by atoms with Crippen molar-refractivity contribution in [3.8, 4) is 0 Å². The molecule has 18 heavy (non-hydrogen) atoms. The van der Waals surface area contributed by atoms with Gasteiger partial charge >= 0.3 is 6.16 Å². The van der Waals surface area contributed by atoms with E-state index < -0.39 is 17.9 Å². The average molecular weight is 258 g/mol. The lowest BCUT2D eigenvalue weighted by Crippen LogP contribution is -2.50. The first-order valence-corrected chi connectivity index (χ1v) is 6.87. The molecule has 1 aliphatic carbocycles. The van der Waals surface area contributed by atoms with Gasteiger partial charge in [-0.05, 0) is 31.6 Å². The fraction of sp³-hybridized carbons (Fsp3) is 0.929. The Hall–Kier alpha value is -0.770. The molecular weight excluding hydrogens is 232 g/mol. The van der Waals surface area contributed by atoms with Crippen LogP contribution in [0.5, 0.6) is 0 Å². The van der Waals surface area contributed by atoms with Crippen LogP contribution in [0, 0.1) is 17.8 Å². The fourth-order valence-corrected chi connectivity index (χ4v) is 3.58. The predicted molar refractivity (Wildman–Crippen MR) is 69.5 cm³/mol. The largest absolute Gasteiger partial charge is 0.506 e. The Balaban J connectivity index is 3.02. The maximum absolute atomic E-state index is 11.0. The summed E-state index contributed by atoms with van der Waals surface area (Å²) in [6.07, 6.45) is 1.41. The smallest absolute Gasteiger partial charge is 0.450 e. The lowest BCUT2D eigenvalue weighted by molar-refractivity contribution is -0.121. The summed E-state index contributed by atoms with van der Waals surface area (Å²) in [4.78, 5) is 11.0. The lowest BCUT2D eigenvalue weighted by atomic mass is 9.65. The van der Waals surface area contributed by atoms with Crippen LogP contribution in [0.2, 0.25) is 0 Å². The van der Waals surface area contributed by atoms with Gasteiger partial charge in [-0.2, -0.15) is 0 Å². The molecule has 1 saturated carbocycles. The summed E-state index contributed by atoms with van der Waals surface area (Å²) in [5.74, 6) is 0.994. The van der Waals surface area contributed by atoms with Crippen LogP contribution in [0.25, 0.3) is 0 Å². The highest BCUT2D eigenvalue weighted by molar-refractivity contribution is 5.57. The van der Waals surface area contributed by atoms with E-state index in [9.17, 15) is 9.90 Å². The Morgan fingerprint density at radius 2 is 2.00 bits per heavy atom. The number of hydrogen-bond donors (Lipinski definition) is 2. The second-order valence-corrected chi connectivity index (χ2v) is 6.22. The quantitative estimate of drug-likeness (QED) is 0.759. The monoisotopic (exact) mass is 258 g/mol. The first-order chi connectivity index (χ1) is 8.27. The molecule has 0 saturated heterocycles. The number of carbonyl (C=O) groups is 1. The number of rotatable bonds is 4. The molecule has 0 heterocycles. The fourth-order valence-electron chi connectivity index (χ4n) is 3.58. The number of hydrogen-bond acceptors (Lipinski definition) is 3.